The van der Waals surface area contributed by atoms with Crippen molar-refractivity contribution < 1.29 is 9.90 Å². The van der Waals surface area contributed by atoms with E-state index in [-0.39, 0.29) is 0 Å². The van der Waals surface area contributed by atoms with Gasteiger partial charge < -0.3 is 14.9 Å². The van der Waals surface area contributed by atoms with Crippen LogP contribution in [0.2, 0.25) is 0 Å². The van der Waals surface area contributed by atoms with E-state index in [1.165, 1.54) is 0 Å². The second-order valence-corrected chi connectivity index (χ2v) is 6.16. The van der Waals surface area contributed by atoms with Gasteiger partial charge in [0.25, 0.3) is 0 Å². The molecule has 2 saturated heterocycles. The molecule has 0 radical (unpaired) electrons. The summed E-state index contributed by atoms with van der Waals surface area (Å²) in [4.78, 5) is 18.3. The molecule has 2 aliphatic heterocycles. The Morgan fingerprint density at radius 3 is 2.45 bits per heavy atom. The highest BCUT2D eigenvalue weighted by molar-refractivity contribution is 5.77. The SMILES string of the molecule is O=C1CCCN1CCCN1CCN(c2ccccc2O)CC1. The average Bonchev–Trinajstić information content (AvgIpc) is 2.94. The summed E-state index contributed by atoms with van der Waals surface area (Å²) in [5.41, 5.74) is 0.935. The van der Waals surface area contributed by atoms with E-state index in [0.717, 1.165) is 70.8 Å². The van der Waals surface area contributed by atoms with E-state index in [0.29, 0.717) is 11.7 Å². The number of hydrogen-bond acceptors (Lipinski definition) is 4. The van der Waals surface area contributed by atoms with Gasteiger partial charge in [-0.1, -0.05) is 12.1 Å². The topological polar surface area (TPSA) is 47.0 Å². The third-order valence-corrected chi connectivity index (χ3v) is 4.67. The van der Waals surface area contributed by atoms with E-state index in [1.807, 2.05) is 23.1 Å². The van der Waals surface area contributed by atoms with Crippen LogP contribution < -0.4 is 4.90 Å². The van der Waals surface area contributed by atoms with E-state index >= 15 is 0 Å². The molecule has 0 aliphatic carbocycles. The predicted octanol–water partition coefficient (Wildman–Crippen LogP) is 1.53. The number of para-hydroxylation sites is 2. The number of anilines is 1. The van der Waals surface area contributed by atoms with Crippen molar-refractivity contribution >= 4 is 11.6 Å². The average molecular weight is 303 g/mol. The highest BCUT2D eigenvalue weighted by Crippen LogP contribution is 2.27. The Labute approximate surface area is 132 Å². The van der Waals surface area contributed by atoms with Gasteiger partial charge in [-0.3, -0.25) is 9.69 Å². The van der Waals surface area contributed by atoms with Crippen molar-refractivity contribution in [3.05, 3.63) is 24.3 Å². The first kappa shape index (κ1) is 15.2. The van der Waals surface area contributed by atoms with Gasteiger partial charge in [0.1, 0.15) is 5.75 Å². The maximum Gasteiger partial charge on any atom is 0.222 e. The van der Waals surface area contributed by atoms with Gasteiger partial charge in [0.15, 0.2) is 0 Å². The molecule has 1 aromatic carbocycles. The second-order valence-electron chi connectivity index (χ2n) is 6.16. The Morgan fingerprint density at radius 1 is 1.00 bits per heavy atom. The lowest BCUT2D eigenvalue weighted by Gasteiger charge is -2.36. The Hall–Kier alpha value is -1.75. The van der Waals surface area contributed by atoms with E-state index < -0.39 is 0 Å². The summed E-state index contributed by atoms with van der Waals surface area (Å²) in [5, 5.41) is 9.92. The highest BCUT2D eigenvalue weighted by atomic mass is 16.3. The van der Waals surface area contributed by atoms with E-state index in [9.17, 15) is 9.90 Å². The first-order valence-corrected chi connectivity index (χ1v) is 8.27. The summed E-state index contributed by atoms with van der Waals surface area (Å²) in [7, 11) is 0. The van der Waals surface area contributed by atoms with Crippen LogP contribution in [0.25, 0.3) is 0 Å². The molecule has 3 rings (SSSR count). The molecule has 120 valence electrons. The molecule has 0 aromatic heterocycles. The highest BCUT2D eigenvalue weighted by Gasteiger charge is 2.21. The Kier molecular flexibility index (Phi) is 4.83. The number of aromatic hydroxyl groups is 1. The Bertz CT molecular complexity index is 512. The molecule has 0 bridgehead atoms. The molecule has 0 atom stereocenters. The molecule has 22 heavy (non-hydrogen) atoms. The van der Waals surface area contributed by atoms with Gasteiger partial charge in [0, 0.05) is 45.7 Å². The number of carbonyl (C=O) groups excluding carboxylic acids is 1. The number of phenolic OH excluding ortho intramolecular Hbond substituents is 1. The number of hydrogen-bond donors (Lipinski definition) is 1. The smallest absolute Gasteiger partial charge is 0.222 e. The molecule has 2 aliphatic rings. The van der Waals surface area contributed by atoms with E-state index in [2.05, 4.69) is 9.80 Å². The largest absolute Gasteiger partial charge is 0.506 e. The van der Waals surface area contributed by atoms with Gasteiger partial charge >= 0.3 is 0 Å². The third kappa shape index (κ3) is 3.53. The van der Waals surface area contributed by atoms with Crippen molar-refractivity contribution in [1.82, 2.24) is 9.80 Å². The molecule has 0 spiro atoms. The summed E-state index contributed by atoms with van der Waals surface area (Å²) in [6.07, 6.45) is 2.82. The summed E-state index contributed by atoms with van der Waals surface area (Å²) in [6.45, 7) is 6.82. The van der Waals surface area contributed by atoms with Crippen LogP contribution in [0.1, 0.15) is 19.3 Å². The molecule has 5 heteroatoms. The van der Waals surface area contributed by atoms with Crippen molar-refractivity contribution in [2.45, 2.75) is 19.3 Å². The molecule has 5 nitrogen and oxygen atoms in total. The minimum Gasteiger partial charge on any atom is -0.506 e. The Morgan fingerprint density at radius 2 is 1.77 bits per heavy atom. The van der Waals surface area contributed by atoms with Crippen molar-refractivity contribution in [2.75, 3.05) is 50.7 Å². The van der Waals surface area contributed by atoms with Crippen LogP contribution in [-0.2, 0) is 4.79 Å². The number of nitrogens with zero attached hydrogens (tertiary/aromatic N) is 3. The van der Waals surface area contributed by atoms with Crippen molar-refractivity contribution in [1.29, 1.82) is 0 Å². The summed E-state index contributed by atoms with van der Waals surface area (Å²) < 4.78 is 0. The fourth-order valence-electron chi connectivity index (χ4n) is 3.37. The van der Waals surface area contributed by atoms with Crippen LogP contribution >= 0.6 is 0 Å². The van der Waals surface area contributed by atoms with Gasteiger partial charge in [-0.25, -0.2) is 0 Å². The number of benzene rings is 1. The monoisotopic (exact) mass is 303 g/mol. The zero-order chi connectivity index (χ0) is 15.4. The summed E-state index contributed by atoms with van der Waals surface area (Å²) in [5.74, 6) is 0.688. The zero-order valence-electron chi connectivity index (χ0n) is 13.1. The number of phenols is 1. The van der Waals surface area contributed by atoms with Crippen LogP contribution in [0.15, 0.2) is 24.3 Å². The number of rotatable bonds is 5. The maximum absolute atomic E-state index is 11.6. The van der Waals surface area contributed by atoms with Gasteiger partial charge in [-0.15, -0.1) is 0 Å². The normalized spacial score (nSPS) is 19.9. The molecule has 2 fully saturated rings. The van der Waals surface area contributed by atoms with Crippen LogP contribution in [0.4, 0.5) is 5.69 Å². The van der Waals surface area contributed by atoms with Crippen LogP contribution in [0.3, 0.4) is 0 Å². The molecular weight excluding hydrogens is 278 g/mol. The van der Waals surface area contributed by atoms with Crippen LogP contribution in [-0.4, -0.2) is 66.6 Å². The van der Waals surface area contributed by atoms with Crippen LogP contribution in [0, 0.1) is 0 Å². The lowest BCUT2D eigenvalue weighted by Crippen LogP contribution is -2.47. The summed E-state index contributed by atoms with van der Waals surface area (Å²) >= 11 is 0. The Balaban J connectivity index is 1.40. The molecule has 0 saturated carbocycles. The van der Waals surface area contributed by atoms with Gasteiger partial charge in [0.2, 0.25) is 5.91 Å². The summed E-state index contributed by atoms with van der Waals surface area (Å²) in [6, 6.07) is 7.54. The molecule has 2 heterocycles. The first-order chi connectivity index (χ1) is 10.7. The van der Waals surface area contributed by atoms with Gasteiger partial charge in [-0.2, -0.15) is 0 Å². The predicted molar refractivity (Wildman–Crippen MR) is 87.2 cm³/mol. The molecular formula is C17H25N3O2. The number of amides is 1. The number of carbonyl (C=O) groups is 1. The lowest BCUT2D eigenvalue weighted by atomic mass is 10.2. The molecule has 1 N–H and O–H groups in total. The minimum atomic E-state index is 0.323. The standard InChI is InChI=1S/C17H25N3O2/c21-16-6-2-1-5-15(16)19-13-11-18(12-14-19)8-4-10-20-9-3-7-17(20)22/h1-2,5-6,21H,3-4,7-14H2. The fourth-order valence-corrected chi connectivity index (χ4v) is 3.37. The van der Waals surface area contributed by atoms with Gasteiger partial charge in [-0.05, 0) is 31.5 Å². The second kappa shape index (κ2) is 7.01. The zero-order valence-corrected chi connectivity index (χ0v) is 13.1. The first-order valence-electron chi connectivity index (χ1n) is 8.27. The van der Waals surface area contributed by atoms with Crippen LogP contribution in [0.5, 0.6) is 5.75 Å². The van der Waals surface area contributed by atoms with Gasteiger partial charge in [0.05, 0.1) is 5.69 Å². The van der Waals surface area contributed by atoms with E-state index in [1.54, 1.807) is 6.07 Å². The lowest BCUT2D eigenvalue weighted by molar-refractivity contribution is -0.127. The number of piperazine rings is 1. The van der Waals surface area contributed by atoms with Crippen molar-refractivity contribution in [2.24, 2.45) is 0 Å². The quantitative estimate of drug-likeness (QED) is 0.896. The van der Waals surface area contributed by atoms with Crippen molar-refractivity contribution in [3.63, 3.8) is 0 Å². The maximum atomic E-state index is 11.6. The molecule has 0 unspecified atom stereocenters. The van der Waals surface area contributed by atoms with E-state index in [4.69, 9.17) is 0 Å². The number of likely N-dealkylation sites (tertiary alicyclic amines) is 1. The third-order valence-electron chi connectivity index (χ3n) is 4.67. The molecule has 1 amide bonds. The fraction of sp³-hybridized carbons (Fsp3) is 0.588. The molecule has 1 aromatic rings. The van der Waals surface area contributed by atoms with Crippen molar-refractivity contribution in [3.8, 4) is 5.75 Å². The minimum absolute atomic E-state index is 0.323.